The molecule has 0 radical (unpaired) electrons. The second-order valence-corrected chi connectivity index (χ2v) is 10.7. The Labute approximate surface area is 166 Å². The van der Waals surface area contributed by atoms with E-state index in [1.807, 2.05) is 13.8 Å². The number of morpholine rings is 2. The number of hydrogen-bond donors (Lipinski definition) is 1. The van der Waals surface area contributed by atoms with Crippen LogP contribution in [0.25, 0.3) is 0 Å². The molecule has 2 saturated heterocycles. The fourth-order valence-electron chi connectivity index (χ4n) is 3.41. The average Bonchev–Trinajstić information content (AvgIpc) is 2.66. The Bertz CT molecular complexity index is 874. The molecular formula is C17H27N3O6S2. The molecule has 11 heteroatoms. The molecule has 9 nitrogen and oxygen atoms in total. The van der Waals surface area contributed by atoms with Crippen molar-refractivity contribution in [3.05, 3.63) is 29.8 Å². The molecule has 2 aliphatic rings. The van der Waals surface area contributed by atoms with Gasteiger partial charge >= 0.3 is 0 Å². The van der Waals surface area contributed by atoms with Gasteiger partial charge in [-0.1, -0.05) is 18.2 Å². The largest absolute Gasteiger partial charge is 0.379 e. The zero-order valence-electron chi connectivity index (χ0n) is 16.1. The third-order valence-electron chi connectivity index (χ3n) is 4.73. The first-order chi connectivity index (χ1) is 13.2. The molecule has 1 N–H and O–H groups in total. The maximum absolute atomic E-state index is 13.0. The number of nitrogens with one attached hydrogen (secondary N) is 1. The topological polar surface area (TPSA) is 105 Å². The van der Waals surface area contributed by atoms with E-state index < -0.39 is 20.2 Å². The average molecular weight is 434 g/mol. The predicted molar refractivity (Wildman–Crippen MR) is 103 cm³/mol. The molecule has 3 rings (SSSR count). The van der Waals surface area contributed by atoms with Gasteiger partial charge in [0.25, 0.3) is 10.2 Å². The van der Waals surface area contributed by atoms with Gasteiger partial charge in [-0.2, -0.15) is 21.8 Å². The van der Waals surface area contributed by atoms with Gasteiger partial charge in [0.15, 0.2) is 0 Å². The van der Waals surface area contributed by atoms with Gasteiger partial charge in [-0.25, -0.2) is 8.42 Å². The Balaban J connectivity index is 1.76. The number of ether oxygens (including phenoxy) is 2. The van der Waals surface area contributed by atoms with Crippen molar-refractivity contribution in [3.63, 3.8) is 0 Å². The lowest BCUT2D eigenvalue weighted by atomic mass is 10.2. The molecule has 1 aromatic rings. The van der Waals surface area contributed by atoms with Crippen LogP contribution in [0.4, 0.5) is 0 Å². The van der Waals surface area contributed by atoms with E-state index in [1.54, 1.807) is 18.2 Å². The van der Waals surface area contributed by atoms with Crippen LogP contribution in [-0.4, -0.2) is 77.0 Å². The van der Waals surface area contributed by atoms with Crippen molar-refractivity contribution in [2.45, 2.75) is 37.5 Å². The van der Waals surface area contributed by atoms with Gasteiger partial charge < -0.3 is 9.47 Å². The smallest absolute Gasteiger partial charge is 0.279 e. The molecule has 0 saturated carbocycles. The maximum Gasteiger partial charge on any atom is 0.279 e. The quantitative estimate of drug-likeness (QED) is 0.685. The van der Waals surface area contributed by atoms with E-state index in [1.165, 1.54) is 14.7 Å². The van der Waals surface area contributed by atoms with Crippen LogP contribution >= 0.6 is 0 Å². The summed E-state index contributed by atoms with van der Waals surface area (Å²) in [6.07, 6.45) is -0.399. The standard InChI is InChI=1S/C17H27N3O6S2/c1-14-12-20(13-15(2)26-14)28(23,24)18-11-16-5-3-4-6-17(16)27(21,22)19-7-9-25-10-8-19/h3-6,14-15,18H,7-13H2,1-2H3. The Morgan fingerprint density at radius 3 is 2.25 bits per heavy atom. The monoisotopic (exact) mass is 433 g/mol. The van der Waals surface area contributed by atoms with Gasteiger partial charge in [0, 0.05) is 32.7 Å². The zero-order chi connectivity index (χ0) is 20.4. The molecule has 0 spiro atoms. The highest BCUT2D eigenvalue weighted by molar-refractivity contribution is 7.89. The molecule has 2 heterocycles. The van der Waals surface area contributed by atoms with E-state index in [0.29, 0.717) is 18.8 Å². The summed E-state index contributed by atoms with van der Waals surface area (Å²) in [4.78, 5) is 0.114. The van der Waals surface area contributed by atoms with Gasteiger partial charge in [0.2, 0.25) is 10.0 Å². The molecule has 0 aliphatic carbocycles. The number of benzene rings is 1. The Hall–Kier alpha value is -1.08. The fourth-order valence-corrected chi connectivity index (χ4v) is 6.38. The maximum atomic E-state index is 13.0. The Kier molecular flexibility index (Phi) is 6.75. The molecule has 158 valence electrons. The van der Waals surface area contributed by atoms with Crippen molar-refractivity contribution < 1.29 is 26.3 Å². The van der Waals surface area contributed by atoms with E-state index in [2.05, 4.69) is 4.72 Å². The SMILES string of the molecule is CC1CN(S(=O)(=O)NCc2ccccc2S(=O)(=O)N2CCOCC2)CC(C)O1. The second kappa shape index (κ2) is 8.74. The summed E-state index contributed by atoms with van der Waals surface area (Å²) in [5.41, 5.74) is 0.409. The zero-order valence-corrected chi connectivity index (χ0v) is 17.7. The lowest BCUT2D eigenvalue weighted by Gasteiger charge is -2.34. The highest BCUT2D eigenvalue weighted by Gasteiger charge is 2.32. The minimum atomic E-state index is -3.76. The van der Waals surface area contributed by atoms with Gasteiger partial charge in [-0.05, 0) is 25.5 Å². The summed E-state index contributed by atoms with van der Waals surface area (Å²) in [6.45, 7) is 5.31. The van der Waals surface area contributed by atoms with Crippen LogP contribution in [0.5, 0.6) is 0 Å². The first-order valence-corrected chi connectivity index (χ1v) is 12.1. The Morgan fingerprint density at radius 2 is 1.61 bits per heavy atom. The number of nitrogens with zero attached hydrogens (tertiary/aromatic N) is 2. The predicted octanol–water partition coefficient (Wildman–Crippen LogP) is 0.151. The second-order valence-electron chi connectivity index (χ2n) is 7.02. The van der Waals surface area contributed by atoms with Crippen LogP contribution in [0, 0.1) is 0 Å². The molecule has 1 aromatic carbocycles. The van der Waals surface area contributed by atoms with Gasteiger partial charge in [-0.3, -0.25) is 0 Å². The summed E-state index contributed by atoms with van der Waals surface area (Å²) in [5, 5.41) is 0. The van der Waals surface area contributed by atoms with Gasteiger partial charge in [0.1, 0.15) is 0 Å². The van der Waals surface area contributed by atoms with Crippen molar-refractivity contribution in [2.24, 2.45) is 0 Å². The lowest BCUT2D eigenvalue weighted by Crippen LogP contribution is -2.51. The number of hydrogen-bond acceptors (Lipinski definition) is 6. The summed E-state index contributed by atoms with van der Waals surface area (Å²) in [6, 6.07) is 6.46. The van der Waals surface area contributed by atoms with Crippen molar-refractivity contribution in [1.29, 1.82) is 0 Å². The van der Waals surface area contributed by atoms with Crippen molar-refractivity contribution in [1.82, 2.24) is 13.3 Å². The van der Waals surface area contributed by atoms with E-state index >= 15 is 0 Å². The molecule has 0 amide bonds. The van der Waals surface area contributed by atoms with Crippen LogP contribution in [0.2, 0.25) is 0 Å². The molecule has 0 aromatic heterocycles. The molecule has 2 unspecified atom stereocenters. The lowest BCUT2D eigenvalue weighted by molar-refractivity contribution is -0.0444. The van der Waals surface area contributed by atoms with E-state index in [9.17, 15) is 16.8 Å². The molecule has 2 fully saturated rings. The Morgan fingerprint density at radius 1 is 1.00 bits per heavy atom. The minimum absolute atomic E-state index is 0.109. The number of sulfonamides is 1. The molecule has 2 atom stereocenters. The van der Waals surface area contributed by atoms with Crippen LogP contribution in [0.3, 0.4) is 0 Å². The minimum Gasteiger partial charge on any atom is -0.379 e. The van der Waals surface area contributed by atoms with E-state index in [-0.39, 0.29) is 49.8 Å². The van der Waals surface area contributed by atoms with Crippen LogP contribution in [-0.2, 0) is 36.3 Å². The highest BCUT2D eigenvalue weighted by atomic mass is 32.2. The number of rotatable bonds is 6. The van der Waals surface area contributed by atoms with Crippen LogP contribution in [0.15, 0.2) is 29.2 Å². The normalized spacial score (nSPS) is 25.6. The summed E-state index contributed by atoms with van der Waals surface area (Å²) >= 11 is 0. The van der Waals surface area contributed by atoms with Crippen LogP contribution < -0.4 is 4.72 Å². The highest BCUT2D eigenvalue weighted by Crippen LogP contribution is 2.22. The van der Waals surface area contributed by atoms with Crippen molar-refractivity contribution >= 4 is 20.2 Å². The van der Waals surface area contributed by atoms with Gasteiger partial charge in [0.05, 0.1) is 30.3 Å². The molecule has 0 bridgehead atoms. The first-order valence-electron chi connectivity index (χ1n) is 9.26. The molecule has 2 aliphatic heterocycles. The summed E-state index contributed by atoms with van der Waals surface area (Å²) in [7, 11) is -7.48. The summed E-state index contributed by atoms with van der Waals surface area (Å²) in [5.74, 6) is 0. The van der Waals surface area contributed by atoms with E-state index in [0.717, 1.165) is 0 Å². The van der Waals surface area contributed by atoms with Crippen molar-refractivity contribution in [3.8, 4) is 0 Å². The van der Waals surface area contributed by atoms with E-state index in [4.69, 9.17) is 9.47 Å². The van der Waals surface area contributed by atoms with Crippen LogP contribution in [0.1, 0.15) is 19.4 Å². The first kappa shape index (κ1) is 21.6. The third kappa shape index (κ3) is 4.90. The molecular weight excluding hydrogens is 406 g/mol. The van der Waals surface area contributed by atoms with Gasteiger partial charge in [-0.15, -0.1) is 0 Å². The third-order valence-corrected chi connectivity index (χ3v) is 8.22. The van der Waals surface area contributed by atoms with Crippen molar-refractivity contribution in [2.75, 3.05) is 39.4 Å². The molecule has 28 heavy (non-hydrogen) atoms. The summed E-state index contributed by atoms with van der Waals surface area (Å²) < 4.78 is 67.4. The fraction of sp³-hybridized carbons (Fsp3) is 0.647.